The number of thioether (sulfide) groups is 1. The van der Waals surface area contributed by atoms with Crippen LogP contribution in [0.25, 0.3) is 0 Å². The van der Waals surface area contributed by atoms with Crippen molar-refractivity contribution in [2.24, 2.45) is 0 Å². The molecule has 0 saturated carbocycles. The highest BCUT2D eigenvalue weighted by molar-refractivity contribution is 7.99. The molecule has 0 spiro atoms. The average molecular weight is 199 g/mol. The Morgan fingerprint density at radius 3 is 3.08 bits per heavy atom. The maximum Gasteiger partial charge on any atom is 0.101 e. The van der Waals surface area contributed by atoms with Gasteiger partial charge in [0.25, 0.3) is 0 Å². The summed E-state index contributed by atoms with van der Waals surface area (Å²) >= 11 is 7.29. The molecule has 0 N–H and O–H groups in total. The normalized spacial score (nSPS) is 9.42. The number of hydrogen-bond acceptors (Lipinski definition) is 3. The molecule has 62 valence electrons. The van der Waals surface area contributed by atoms with Crippen LogP contribution in [0.2, 0.25) is 5.02 Å². The van der Waals surface area contributed by atoms with E-state index < -0.39 is 0 Å². The Labute approximate surface area is 80.6 Å². The Kier molecular flexibility index (Phi) is 3.39. The van der Waals surface area contributed by atoms with Gasteiger partial charge in [-0.15, -0.1) is 11.8 Å². The lowest BCUT2D eigenvalue weighted by molar-refractivity contribution is 1.12. The van der Waals surface area contributed by atoms with Crippen LogP contribution in [0.3, 0.4) is 0 Å². The van der Waals surface area contributed by atoms with Crippen molar-refractivity contribution in [2.75, 3.05) is 5.75 Å². The quantitative estimate of drug-likeness (QED) is 0.686. The van der Waals surface area contributed by atoms with Crippen LogP contribution in [0.5, 0.6) is 0 Å². The minimum Gasteiger partial charge on any atom is -0.248 e. The highest BCUT2D eigenvalue weighted by Gasteiger charge is 2.01. The van der Waals surface area contributed by atoms with Gasteiger partial charge in [0.05, 0.1) is 15.6 Å². The predicted octanol–water partition coefficient (Wildman–Crippen LogP) is 2.72. The second-order valence-electron chi connectivity index (χ2n) is 2.05. The van der Waals surface area contributed by atoms with E-state index in [0.29, 0.717) is 10.6 Å². The zero-order valence-electron chi connectivity index (χ0n) is 6.54. The van der Waals surface area contributed by atoms with Gasteiger partial charge in [0.1, 0.15) is 6.07 Å². The first-order chi connectivity index (χ1) is 5.77. The summed E-state index contributed by atoms with van der Waals surface area (Å²) in [5.74, 6) is 0.944. The highest BCUT2D eigenvalue weighted by atomic mass is 35.5. The molecule has 1 rings (SSSR count). The Morgan fingerprint density at radius 2 is 2.50 bits per heavy atom. The van der Waals surface area contributed by atoms with Crippen molar-refractivity contribution in [3.05, 3.63) is 22.8 Å². The Bertz CT molecular complexity index is 319. The zero-order chi connectivity index (χ0) is 8.97. The fourth-order valence-corrected chi connectivity index (χ4v) is 1.50. The summed E-state index contributed by atoms with van der Waals surface area (Å²) in [5.41, 5.74) is 0.489. The molecule has 1 aromatic rings. The minimum absolute atomic E-state index is 0.415. The van der Waals surface area contributed by atoms with Crippen LogP contribution in [0.1, 0.15) is 12.5 Å². The summed E-state index contributed by atoms with van der Waals surface area (Å²) in [6.45, 7) is 2.03. The molecule has 4 heteroatoms. The average Bonchev–Trinajstić information content (AvgIpc) is 2.09. The van der Waals surface area contributed by atoms with Crippen molar-refractivity contribution < 1.29 is 0 Å². The molecule has 2 nitrogen and oxygen atoms in total. The maximum atomic E-state index is 8.64. The molecule has 0 bridgehead atoms. The molecule has 0 radical (unpaired) electrons. The van der Waals surface area contributed by atoms with Gasteiger partial charge in [-0.25, -0.2) is 4.98 Å². The van der Waals surface area contributed by atoms with Gasteiger partial charge in [-0.3, -0.25) is 0 Å². The molecular weight excluding hydrogens is 192 g/mol. The van der Waals surface area contributed by atoms with Gasteiger partial charge in [-0.2, -0.15) is 5.26 Å². The van der Waals surface area contributed by atoms with Crippen LogP contribution < -0.4 is 0 Å². The fourth-order valence-electron chi connectivity index (χ4n) is 0.732. The topological polar surface area (TPSA) is 36.7 Å². The van der Waals surface area contributed by atoms with E-state index in [1.165, 1.54) is 6.20 Å². The maximum absolute atomic E-state index is 8.64. The summed E-state index contributed by atoms with van der Waals surface area (Å²) in [5, 5.41) is 9.90. The van der Waals surface area contributed by atoms with E-state index in [1.54, 1.807) is 17.8 Å². The van der Waals surface area contributed by atoms with E-state index in [0.717, 1.165) is 10.8 Å². The Balaban J connectivity index is 2.99. The Hall–Kier alpha value is -0.720. The number of nitrogens with zero attached hydrogens (tertiary/aromatic N) is 2. The van der Waals surface area contributed by atoms with Crippen LogP contribution in [0.4, 0.5) is 0 Å². The largest absolute Gasteiger partial charge is 0.248 e. The summed E-state index contributed by atoms with van der Waals surface area (Å²) < 4.78 is 0. The molecule has 0 atom stereocenters. The highest BCUT2D eigenvalue weighted by Crippen LogP contribution is 2.20. The summed E-state index contributed by atoms with van der Waals surface area (Å²) in [7, 11) is 0. The van der Waals surface area contributed by atoms with Gasteiger partial charge in [0.15, 0.2) is 0 Å². The summed E-state index contributed by atoms with van der Waals surface area (Å²) in [4.78, 5) is 4.06. The third-order valence-electron chi connectivity index (χ3n) is 1.24. The molecule has 0 aliphatic heterocycles. The van der Waals surface area contributed by atoms with Gasteiger partial charge < -0.3 is 0 Å². The molecule has 0 unspecified atom stereocenters. The van der Waals surface area contributed by atoms with Gasteiger partial charge >= 0.3 is 0 Å². The standard InChI is InChI=1S/C8H7ClN2S/c1-2-12-8-3-6(4-10)7(9)5-11-8/h3,5H,2H2,1H3. The van der Waals surface area contributed by atoms with Crippen molar-refractivity contribution in [1.82, 2.24) is 4.98 Å². The van der Waals surface area contributed by atoms with Gasteiger partial charge in [-0.05, 0) is 11.8 Å². The number of rotatable bonds is 2. The number of aromatic nitrogens is 1. The molecule has 0 amide bonds. The predicted molar refractivity (Wildman–Crippen MR) is 50.4 cm³/mol. The molecule has 1 heterocycles. The fraction of sp³-hybridized carbons (Fsp3) is 0.250. The lowest BCUT2D eigenvalue weighted by Gasteiger charge is -1.98. The van der Waals surface area contributed by atoms with E-state index in [4.69, 9.17) is 16.9 Å². The molecule has 0 aliphatic rings. The van der Waals surface area contributed by atoms with E-state index in [2.05, 4.69) is 4.98 Å². The van der Waals surface area contributed by atoms with E-state index >= 15 is 0 Å². The first-order valence-corrected chi connectivity index (χ1v) is 4.82. The van der Waals surface area contributed by atoms with Gasteiger partial charge in [0.2, 0.25) is 0 Å². The van der Waals surface area contributed by atoms with Crippen LogP contribution in [0, 0.1) is 11.3 Å². The monoisotopic (exact) mass is 198 g/mol. The van der Waals surface area contributed by atoms with Crippen LogP contribution in [-0.2, 0) is 0 Å². The third-order valence-corrected chi connectivity index (χ3v) is 2.35. The number of hydrogen-bond donors (Lipinski definition) is 0. The van der Waals surface area contributed by atoms with Crippen molar-refractivity contribution >= 4 is 23.4 Å². The first-order valence-electron chi connectivity index (χ1n) is 3.46. The van der Waals surface area contributed by atoms with Gasteiger partial charge in [0, 0.05) is 6.20 Å². The molecule has 0 saturated heterocycles. The van der Waals surface area contributed by atoms with Gasteiger partial charge in [-0.1, -0.05) is 18.5 Å². The summed E-state index contributed by atoms with van der Waals surface area (Å²) in [6, 6.07) is 3.71. The van der Waals surface area contributed by atoms with Crippen molar-refractivity contribution in [2.45, 2.75) is 11.9 Å². The minimum atomic E-state index is 0.415. The zero-order valence-corrected chi connectivity index (χ0v) is 8.11. The number of pyridine rings is 1. The lowest BCUT2D eigenvalue weighted by Crippen LogP contribution is -1.84. The SMILES string of the molecule is CCSc1cc(C#N)c(Cl)cn1. The first kappa shape index (κ1) is 9.37. The van der Waals surface area contributed by atoms with E-state index in [-0.39, 0.29) is 0 Å². The second kappa shape index (κ2) is 4.34. The van der Waals surface area contributed by atoms with E-state index in [9.17, 15) is 0 Å². The molecule has 0 fully saturated rings. The van der Waals surface area contributed by atoms with Crippen molar-refractivity contribution in [1.29, 1.82) is 5.26 Å². The number of halogens is 1. The Morgan fingerprint density at radius 1 is 1.75 bits per heavy atom. The van der Waals surface area contributed by atoms with Crippen molar-refractivity contribution in [3.8, 4) is 6.07 Å². The van der Waals surface area contributed by atoms with Crippen LogP contribution >= 0.6 is 23.4 Å². The third kappa shape index (κ3) is 2.13. The lowest BCUT2D eigenvalue weighted by atomic mass is 10.3. The molecular formula is C8H7ClN2S. The van der Waals surface area contributed by atoms with Crippen LogP contribution in [0.15, 0.2) is 17.3 Å². The molecule has 0 aliphatic carbocycles. The molecule has 12 heavy (non-hydrogen) atoms. The number of nitriles is 1. The second-order valence-corrected chi connectivity index (χ2v) is 3.74. The molecule has 1 aromatic heterocycles. The summed E-state index contributed by atoms with van der Waals surface area (Å²) in [6.07, 6.45) is 1.51. The smallest absolute Gasteiger partial charge is 0.101 e. The van der Waals surface area contributed by atoms with Crippen molar-refractivity contribution in [3.63, 3.8) is 0 Å². The van der Waals surface area contributed by atoms with Crippen LogP contribution in [-0.4, -0.2) is 10.7 Å². The van der Waals surface area contributed by atoms with E-state index in [1.807, 2.05) is 13.0 Å². The molecule has 0 aromatic carbocycles.